The fraction of sp³-hybridized carbons (Fsp3) is 0.158. The van der Waals surface area contributed by atoms with Crippen LogP contribution < -0.4 is 14.4 Å². The van der Waals surface area contributed by atoms with Crippen LogP contribution in [0, 0.1) is 0 Å². The summed E-state index contributed by atoms with van der Waals surface area (Å²) < 4.78 is 15.5. The van der Waals surface area contributed by atoms with Gasteiger partial charge in [0.25, 0.3) is 11.8 Å². The topological polar surface area (TPSA) is 65.1 Å². The summed E-state index contributed by atoms with van der Waals surface area (Å²) in [5.41, 5.74) is 1.69. The van der Waals surface area contributed by atoms with Crippen LogP contribution >= 0.6 is 0 Å². The standard InChI is InChI=1S/C19H17NO5/c1-23-11-15-13-6-4-5-7-14(13)18(21)20(19(15)22)12-8-9-16(24-2)17(10-12)25-3/h4-11H,1-3H3/b15-11-. The Morgan fingerprint density at radius 1 is 0.840 bits per heavy atom. The molecule has 2 aromatic rings. The molecule has 0 saturated heterocycles. The highest BCUT2D eigenvalue weighted by atomic mass is 16.5. The van der Waals surface area contributed by atoms with Crippen molar-refractivity contribution in [1.82, 2.24) is 0 Å². The van der Waals surface area contributed by atoms with Crippen LogP contribution in [0.1, 0.15) is 15.9 Å². The molecule has 0 saturated carbocycles. The number of carbonyl (C=O) groups excluding carboxylic acids is 2. The average molecular weight is 339 g/mol. The van der Waals surface area contributed by atoms with Crippen molar-refractivity contribution < 1.29 is 23.8 Å². The van der Waals surface area contributed by atoms with Crippen LogP contribution in [0.25, 0.3) is 5.57 Å². The van der Waals surface area contributed by atoms with Gasteiger partial charge in [-0.05, 0) is 18.2 Å². The molecular weight excluding hydrogens is 322 g/mol. The first kappa shape index (κ1) is 16.6. The Labute approximate surface area is 145 Å². The minimum absolute atomic E-state index is 0.312. The molecule has 0 aromatic heterocycles. The van der Waals surface area contributed by atoms with Crippen LogP contribution in [0.3, 0.4) is 0 Å². The number of hydrogen-bond donors (Lipinski definition) is 0. The number of hydrogen-bond acceptors (Lipinski definition) is 5. The lowest BCUT2D eigenvalue weighted by Gasteiger charge is -2.28. The molecule has 0 fully saturated rings. The second-order valence-electron chi connectivity index (χ2n) is 5.30. The van der Waals surface area contributed by atoms with E-state index in [1.807, 2.05) is 0 Å². The molecule has 0 unspecified atom stereocenters. The minimum atomic E-state index is -0.460. The quantitative estimate of drug-likeness (QED) is 0.487. The van der Waals surface area contributed by atoms with Crippen molar-refractivity contribution in [2.24, 2.45) is 0 Å². The number of imide groups is 1. The molecule has 0 N–H and O–H groups in total. The summed E-state index contributed by atoms with van der Waals surface area (Å²) in [6.45, 7) is 0. The van der Waals surface area contributed by atoms with E-state index < -0.39 is 11.8 Å². The van der Waals surface area contributed by atoms with Gasteiger partial charge in [0.15, 0.2) is 11.5 Å². The predicted octanol–water partition coefficient (Wildman–Crippen LogP) is 2.88. The Morgan fingerprint density at radius 2 is 1.52 bits per heavy atom. The first-order valence-corrected chi connectivity index (χ1v) is 7.55. The van der Waals surface area contributed by atoms with E-state index in [-0.39, 0.29) is 0 Å². The third-order valence-corrected chi connectivity index (χ3v) is 3.95. The lowest BCUT2D eigenvalue weighted by atomic mass is 9.94. The SMILES string of the molecule is CO/C=C1\C(=O)N(c2ccc(OC)c(OC)c2)C(=O)c2ccccc21. The average Bonchev–Trinajstić information content (AvgIpc) is 2.65. The molecule has 0 atom stereocenters. The highest BCUT2D eigenvalue weighted by molar-refractivity contribution is 6.40. The molecule has 0 bridgehead atoms. The monoisotopic (exact) mass is 339 g/mol. The largest absolute Gasteiger partial charge is 0.504 e. The molecule has 1 aliphatic heterocycles. The highest BCUT2D eigenvalue weighted by Gasteiger charge is 2.36. The van der Waals surface area contributed by atoms with Gasteiger partial charge in [0.1, 0.15) is 0 Å². The molecule has 2 aromatic carbocycles. The molecule has 1 heterocycles. The molecule has 6 nitrogen and oxygen atoms in total. The Balaban J connectivity index is 2.16. The molecule has 0 spiro atoms. The van der Waals surface area contributed by atoms with Gasteiger partial charge in [-0.15, -0.1) is 0 Å². The highest BCUT2D eigenvalue weighted by Crippen LogP contribution is 2.36. The number of nitrogens with zero attached hydrogens (tertiary/aromatic N) is 1. The molecule has 6 heteroatoms. The van der Waals surface area contributed by atoms with Crippen LogP contribution in [-0.4, -0.2) is 33.1 Å². The van der Waals surface area contributed by atoms with Crippen LogP contribution in [0.4, 0.5) is 5.69 Å². The number of rotatable bonds is 4. The zero-order valence-corrected chi connectivity index (χ0v) is 14.1. The molecular formula is C19H17NO5. The van der Waals surface area contributed by atoms with Crippen molar-refractivity contribution in [2.75, 3.05) is 26.2 Å². The summed E-state index contributed by atoms with van der Waals surface area (Å²) in [6, 6.07) is 11.8. The van der Waals surface area contributed by atoms with Crippen LogP contribution in [-0.2, 0) is 9.53 Å². The van der Waals surface area contributed by atoms with Crippen LogP contribution in [0.2, 0.25) is 0 Å². The molecule has 1 aliphatic rings. The summed E-state index contributed by atoms with van der Waals surface area (Å²) in [4.78, 5) is 26.9. The van der Waals surface area contributed by atoms with Crippen molar-refractivity contribution >= 4 is 23.1 Å². The molecule has 0 aliphatic carbocycles. The predicted molar refractivity (Wildman–Crippen MR) is 92.8 cm³/mol. The summed E-state index contributed by atoms with van der Waals surface area (Å²) in [7, 11) is 4.47. The number of anilines is 1. The van der Waals surface area contributed by atoms with Gasteiger partial charge in [0.2, 0.25) is 0 Å². The summed E-state index contributed by atoms with van der Waals surface area (Å²) >= 11 is 0. The third kappa shape index (κ3) is 2.71. The van der Waals surface area contributed by atoms with E-state index in [9.17, 15) is 9.59 Å². The van der Waals surface area contributed by atoms with Gasteiger partial charge in [0, 0.05) is 17.2 Å². The number of fused-ring (bicyclic) bond motifs is 1. The van der Waals surface area contributed by atoms with Gasteiger partial charge in [-0.3, -0.25) is 9.59 Å². The summed E-state index contributed by atoms with van der Waals surface area (Å²) in [5, 5.41) is 0. The zero-order chi connectivity index (χ0) is 18.0. The maximum absolute atomic E-state index is 12.9. The Morgan fingerprint density at radius 3 is 2.16 bits per heavy atom. The number of benzene rings is 2. The van der Waals surface area contributed by atoms with Gasteiger partial charge in [-0.2, -0.15) is 0 Å². The van der Waals surface area contributed by atoms with E-state index in [0.717, 1.165) is 4.90 Å². The van der Waals surface area contributed by atoms with Gasteiger partial charge in [-0.1, -0.05) is 18.2 Å². The lowest BCUT2D eigenvalue weighted by Crippen LogP contribution is -2.41. The molecule has 128 valence electrons. The van der Waals surface area contributed by atoms with E-state index in [1.165, 1.54) is 27.6 Å². The summed E-state index contributed by atoms with van der Waals surface area (Å²) in [6.07, 6.45) is 1.35. The third-order valence-electron chi connectivity index (χ3n) is 3.95. The lowest BCUT2D eigenvalue weighted by molar-refractivity contribution is -0.112. The zero-order valence-electron chi connectivity index (χ0n) is 14.1. The number of ether oxygens (including phenoxy) is 3. The normalized spacial score (nSPS) is 15.2. The minimum Gasteiger partial charge on any atom is -0.504 e. The van der Waals surface area contributed by atoms with E-state index in [0.29, 0.717) is 33.9 Å². The molecule has 3 rings (SSSR count). The number of methoxy groups -OCH3 is 3. The van der Waals surface area contributed by atoms with Gasteiger partial charge in [-0.25, -0.2) is 4.90 Å². The molecule has 0 radical (unpaired) electrons. The van der Waals surface area contributed by atoms with Crippen molar-refractivity contribution in [1.29, 1.82) is 0 Å². The molecule has 2 amide bonds. The maximum atomic E-state index is 12.9. The number of amides is 2. The van der Waals surface area contributed by atoms with Crippen LogP contribution in [0.5, 0.6) is 11.5 Å². The van der Waals surface area contributed by atoms with Crippen molar-refractivity contribution in [2.45, 2.75) is 0 Å². The van der Waals surface area contributed by atoms with E-state index in [1.54, 1.807) is 42.5 Å². The first-order chi connectivity index (χ1) is 12.1. The fourth-order valence-electron chi connectivity index (χ4n) is 2.78. The fourth-order valence-corrected chi connectivity index (χ4v) is 2.78. The van der Waals surface area contributed by atoms with E-state index in [4.69, 9.17) is 14.2 Å². The van der Waals surface area contributed by atoms with Gasteiger partial charge < -0.3 is 14.2 Å². The smallest absolute Gasteiger partial charge is 0.269 e. The Bertz CT molecular complexity index is 872. The first-order valence-electron chi connectivity index (χ1n) is 7.55. The van der Waals surface area contributed by atoms with E-state index in [2.05, 4.69) is 0 Å². The number of carbonyl (C=O) groups is 2. The Kier molecular flexibility index (Phi) is 4.43. The second-order valence-corrected chi connectivity index (χ2v) is 5.30. The second kappa shape index (κ2) is 6.68. The van der Waals surface area contributed by atoms with Gasteiger partial charge >= 0.3 is 0 Å². The maximum Gasteiger partial charge on any atom is 0.269 e. The van der Waals surface area contributed by atoms with Gasteiger partial charge in [0.05, 0.1) is 38.9 Å². The summed E-state index contributed by atoms with van der Waals surface area (Å²) in [5.74, 6) is 0.0757. The molecule has 25 heavy (non-hydrogen) atoms. The van der Waals surface area contributed by atoms with Crippen LogP contribution in [0.15, 0.2) is 48.7 Å². The van der Waals surface area contributed by atoms with Crippen molar-refractivity contribution in [3.8, 4) is 11.5 Å². The van der Waals surface area contributed by atoms with E-state index >= 15 is 0 Å². The van der Waals surface area contributed by atoms with Crippen molar-refractivity contribution in [3.63, 3.8) is 0 Å². The van der Waals surface area contributed by atoms with Crippen molar-refractivity contribution in [3.05, 3.63) is 59.9 Å². The Hall–Kier alpha value is -3.28.